The molecule has 0 aliphatic carbocycles. The fourth-order valence-electron chi connectivity index (χ4n) is 3.98. The summed E-state index contributed by atoms with van der Waals surface area (Å²) >= 11 is 0. The minimum atomic E-state index is 0.205. The van der Waals surface area contributed by atoms with Crippen LogP contribution in [0.5, 0.6) is 0 Å². The van der Waals surface area contributed by atoms with Gasteiger partial charge in [0, 0.05) is 70.7 Å². The molecule has 3 atom stereocenters. The summed E-state index contributed by atoms with van der Waals surface area (Å²) < 4.78 is 0. The molecule has 2 aliphatic heterocycles. The zero-order valence-corrected chi connectivity index (χ0v) is 14.5. The van der Waals surface area contributed by atoms with Gasteiger partial charge in [-0.25, -0.2) is 0 Å². The molecule has 5 heteroatoms. The van der Waals surface area contributed by atoms with Crippen molar-refractivity contribution in [2.75, 3.05) is 39.3 Å². The zero-order chi connectivity index (χ0) is 16.4. The molecule has 0 unspecified atom stereocenters. The van der Waals surface area contributed by atoms with Gasteiger partial charge >= 0.3 is 0 Å². The maximum absolute atomic E-state index is 11.5. The Bertz CT molecular complexity index is 527. The Morgan fingerprint density at radius 1 is 1.26 bits per heavy atom. The summed E-state index contributed by atoms with van der Waals surface area (Å²) in [5, 5.41) is 0. The number of carbonyl (C=O) groups is 1. The van der Waals surface area contributed by atoms with Gasteiger partial charge in [0.2, 0.25) is 5.91 Å². The molecule has 126 valence electrons. The van der Waals surface area contributed by atoms with Crippen molar-refractivity contribution in [3.8, 4) is 0 Å². The second-order valence-electron chi connectivity index (χ2n) is 7.00. The number of hydrogen-bond acceptors (Lipinski definition) is 4. The summed E-state index contributed by atoms with van der Waals surface area (Å²) in [6.07, 6.45) is 3.81. The van der Waals surface area contributed by atoms with Crippen LogP contribution >= 0.6 is 0 Å². The molecule has 2 saturated heterocycles. The molecule has 23 heavy (non-hydrogen) atoms. The first-order chi connectivity index (χ1) is 11.1. The molecule has 3 heterocycles. The quantitative estimate of drug-likeness (QED) is 0.850. The van der Waals surface area contributed by atoms with Crippen LogP contribution in [0.1, 0.15) is 32.4 Å². The van der Waals surface area contributed by atoms with Crippen molar-refractivity contribution < 1.29 is 4.79 Å². The molecule has 5 nitrogen and oxygen atoms in total. The molecule has 0 N–H and O–H groups in total. The standard InChI is InChI=1S/C18H28N4O/c1-14-12-22(15(2)17-5-4-6-19-11-17)13-18(14)21-9-7-20(8-10-21)16(3)23/h4-6,11,14-15,18H,7-10,12-13H2,1-3H3/t14-,15-,18-/m1/s1. The molecule has 1 amide bonds. The van der Waals surface area contributed by atoms with Crippen LogP contribution in [0.25, 0.3) is 0 Å². The van der Waals surface area contributed by atoms with Crippen molar-refractivity contribution in [1.82, 2.24) is 19.7 Å². The van der Waals surface area contributed by atoms with Crippen molar-refractivity contribution in [1.29, 1.82) is 0 Å². The van der Waals surface area contributed by atoms with Gasteiger partial charge in [0.25, 0.3) is 0 Å². The highest BCUT2D eigenvalue weighted by atomic mass is 16.2. The maximum Gasteiger partial charge on any atom is 0.219 e. The number of aromatic nitrogens is 1. The van der Waals surface area contributed by atoms with E-state index in [4.69, 9.17) is 0 Å². The van der Waals surface area contributed by atoms with Crippen molar-refractivity contribution in [2.24, 2.45) is 5.92 Å². The zero-order valence-electron chi connectivity index (χ0n) is 14.5. The Kier molecular flexibility index (Phi) is 4.97. The van der Waals surface area contributed by atoms with E-state index < -0.39 is 0 Å². The number of rotatable bonds is 3. The molecule has 1 aromatic heterocycles. The lowest BCUT2D eigenvalue weighted by Gasteiger charge is -2.39. The number of carbonyl (C=O) groups excluding carboxylic acids is 1. The molecular weight excluding hydrogens is 288 g/mol. The molecule has 1 aromatic rings. The number of likely N-dealkylation sites (tertiary alicyclic amines) is 1. The summed E-state index contributed by atoms with van der Waals surface area (Å²) in [5.41, 5.74) is 1.29. The lowest BCUT2D eigenvalue weighted by atomic mass is 10.0. The molecular formula is C18H28N4O. The third kappa shape index (κ3) is 3.56. The molecule has 3 rings (SSSR count). The average molecular weight is 316 g/mol. The predicted octanol–water partition coefficient (Wildman–Crippen LogP) is 1.63. The largest absolute Gasteiger partial charge is 0.340 e. The van der Waals surface area contributed by atoms with Crippen LogP contribution in [0.3, 0.4) is 0 Å². The van der Waals surface area contributed by atoms with E-state index in [-0.39, 0.29) is 5.91 Å². The van der Waals surface area contributed by atoms with Gasteiger partial charge in [0.1, 0.15) is 0 Å². The number of amides is 1. The Labute approximate surface area is 139 Å². The van der Waals surface area contributed by atoms with E-state index in [9.17, 15) is 4.79 Å². The van der Waals surface area contributed by atoms with E-state index in [0.717, 1.165) is 39.3 Å². The van der Waals surface area contributed by atoms with Crippen LogP contribution in [0.15, 0.2) is 24.5 Å². The van der Waals surface area contributed by atoms with Crippen LogP contribution in [0, 0.1) is 5.92 Å². The van der Waals surface area contributed by atoms with Crippen LogP contribution in [0.2, 0.25) is 0 Å². The van der Waals surface area contributed by atoms with E-state index in [1.54, 1.807) is 6.92 Å². The van der Waals surface area contributed by atoms with Crippen LogP contribution < -0.4 is 0 Å². The van der Waals surface area contributed by atoms with Gasteiger partial charge in [-0.05, 0) is 24.5 Å². The van der Waals surface area contributed by atoms with Gasteiger partial charge < -0.3 is 4.90 Å². The summed E-state index contributed by atoms with van der Waals surface area (Å²) in [6, 6.07) is 5.20. The van der Waals surface area contributed by atoms with Crippen molar-refractivity contribution >= 4 is 5.91 Å². The van der Waals surface area contributed by atoms with Crippen LogP contribution in [-0.4, -0.2) is 70.9 Å². The topological polar surface area (TPSA) is 39.7 Å². The second kappa shape index (κ2) is 6.97. The van der Waals surface area contributed by atoms with E-state index in [2.05, 4.69) is 34.7 Å². The monoisotopic (exact) mass is 316 g/mol. The molecule has 2 fully saturated rings. The van der Waals surface area contributed by atoms with Gasteiger partial charge in [-0.1, -0.05) is 13.0 Å². The Morgan fingerprint density at radius 3 is 2.61 bits per heavy atom. The van der Waals surface area contributed by atoms with Crippen LogP contribution in [-0.2, 0) is 4.79 Å². The van der Waals surface area contributed by atoms with Crippen molar-refractivity contribution in [3.05, 3.63) is 30.1 Å². The van der Waals surface area contributed by atoms with E-state index in [1.165, 1.54) is 5.56 Å². The highest BCUT2D eigenvalue weighted by Gasteiger charge is 2.37. The summed E-state index contributed by atoms with van der Waals surface area (Å²) in [4.78, 5) is 22.9. The smallest absolute Gasteiger partial charge is 0.219 e. The van der Waals surface area contributed by atoms with E-state index in [1.807, 2.05) is 23.4 Å². The lowest BCUT2D eigenvalue weighted by Crippen LogP contribution is -2.53. The fraction of sp³-hybridized carbons (Fsp3) is 0.667. The van der Waals surface area contributed by atoms with E-state index in [0.29, 0.717) is 18.0 Å². The SMILES string of the molecule is CC(=O)N1CCN([C@@H]2CN([C@H](C)c3cccnc3)C[C@H]2C)CC1. The number of nitrogens with zero attached hydrogens (tertiary/aromatic N) is 4. The summed E-state index contributed by atoms with van der Waals surface area (Å²) in [7, 11) is 0. The second-order valence-corrected chi connectivity index (χ2v) is 7.00. The molecule has 0 spiro atoms. The third-order valence-electron chi connectivity index (χ3n) is 5.54. The van der Waals surface area contributed by atoms with Gasteiger partial charge in [0.15, 0.2) is 0 Å². The third-order valence-corrected chi connectivity index (χ3v) is 5.54. The Balaban J connectivity index is 1.60. The molecule has 0 saturated carbocycles. The predicted molar refractivity (Wildman–Crippen MR) is 91.0 cm³/mol. The molecule has 0 aromatic carbocycles. The number of pyridine rings is 1. The number of hydrogen-bond donors (Lipinski definition) is 0. The van der Waals surface area contributed by atoms with Gasteiger partial charge in [-0.3, -0.25) is 19.6 Å². The first-order valence-corrected chi connectivity index (χ1v) is 8.70. The Morgan fingerprint density at radius 2 is 2.00 bits per heavy atom. The fourth-order valence-corrected chi connectivity index (χ4v) is 3.98. The lowest BCUT2D eigenvalue weighted by molar-refractivity contribution is -0.130. The maximum atomic E-state index is 11.5. The first-order valence-electron chi connectivity index (χ1n) is 8.70. The Hall–Kier alpha value is -1.46. The van der Waals surface area contributed by atoms with Crippen molar-refractivity contribution in [2.45, 2.75) is 32.9 Å². The molecule has 2 aliphatic rings. The minimum absolute atomic E-state index is 0.205. The molecule has 0 bridgehead atoms. The summed E-state index contributed by atoms with van der Waals surface area (Å²) in [5.74, 6) is 0.869. The van der Waals surface area contributed by atoms with Gasteiger partial charge in [0.05, 0.1) is 0 Å². The van der Waals surface area contributed by atoms with Crippen molar-refractivity contribution in [3.63, 3.8) is 0 Å². The normalized spacial score (nSPS) is 28.0. The van der Waals surface area contributed by atoms with Gasteiger partial charge in [-0.2, -0.15) is 0 Å². The minimum Gasteiger partial charge on any atom is -0.340 e. The van der Waals surface area contributed by atoms with Crippen LogP contribution in [0.4, 0.5) is 0 Å². The summed E-state index contributed by atoms with van der Waals surface area (Å²) in [6.45, 7) is 12.3. The van der Waals surface area contributed by atoms with E-state index >= 15 is 0 Å². The average Bonchev–Trinajstić information content (AvgIpc) is 2.97. The highest BCUT2D eigenvalue weighted by Crippen LogP contribution is 2.30. The first kappa shape index (κ1) is 16.4. The highest BCUT2D eigenvalue weighted by molar-refractivity contribution is 5.73. The number of piperazine rings is 1. The van der Waals surface area contributed by atoms with Gasteiger partial charge in [-0.15, -0.1) is 0 Å². The molecule has 0 radical (unpaired) electrons.